The second kappa shape index (κ2) is 19.4. The van der Waals surface area contributed by atoms with Crippen molar-refractivity contribution < 1.29 is 57.8 Å². The van der Waals surface area contributed by atoms with Crippen LogP contribution in [-0.4, -0.2) is 105 Å². The lowest BCUT2D eigenvalue weighted by Crippen LogP contribution is -2.46. The normalized spacial score (nSPS) is 30.0. The molecule has 67 heavy (non-hydrogen) atoms. The van der Waals surface area contributed by atoms with Crippen LogP contribution in [0.2, 0.25) is 0 Å². The van der Waals surface area contributed by atoms with E-state index in [1.807, 2.05) is 0 Å². The Morgan fingerprint density at radius 1 is 0.985 bits per heavy atom. The quantitative estimate of drug-likeness (QED) is 0.0671. The summed E-state index contributed by atoms with van der Waals surface area (Å²) in [5.74, 6) is -6.71. The predicted molar refractivity (Wildman–Crippen MR) is 252 cm³/mol. The number of hydrogen-bond acceptors (Lipinski definition) is 15. The van der Waals surface area contributed by atoms with E-state index >= 15 is 0 Å². The maximum Gasteiger partial charge on any atom is 0.312 e. The first kappa shape index (κ1) is 49.1. The summed E-state index contributed by atoms with van der Waals surface area (Å²) < 4.78 is 36.9. The minimum Gasteiger partial charge on any atom is -0.505 e. The van der Waals surface area contributed by atoms with Gasteiger partial charge in [0.2, 0.25) is 0 Å². The van der Waals surface area contributed by atoms with Crippen LogP contribution in [0.3, 0.4) is 0 Å². The minimum absolute atomic E-state index is 0.00439. The second-order valence-electron chi connectivity index (χ2n) is 18.8. The number of methoxy groups -OCH3 is 1. The molecule has 1 saturated heterocycles. The number of ketones is 1. The van der Waals surface area contributed by atoms with E-state index in [9.17, 15) is 34.5 Å². The summed E-state index contributed by atoms with van der Waals surface area (Å²) in [6.07, 6.45) is 5.28. The van der Waals surface area contributed by atoms with Crippen molar-refractivity contribution in [3.63, 3.8) is 0 Å². The number of rotatable bonds is 5. The van der Waals surface area contributed by atoms with E-state index in [-0.39, 0.29) is 61.7 Å². The number of nitrogens with one attached hydrogen (secondary N) is 1. The number of aliphatic hydroxyl groups is 2. The van der Waals surface area contributed by atoms with Gasteiger partial charge >= 0.3 is 11.8 Å². The largest absolute Gasteiger partial charge is 0.505 e. The van der Waals surface area contributed by atoms with Gasteiger partial charge in [0.1, 0.15) is 40.4 Å². The van der Waals surface area contributed by atoms with Gasteiger partial charge in [-0.2, -0.15) is 0 Å². The van der Waals surface area contributed by atoms with Gasteiger partial charge in [0.05, 0.1) is 35.5 Å². The van der Waals surface area contributed by atoms with Gasteiger partial charge in [-0.05, 0) is 58.7 Å². The van der Waals surface area contributed by atoms with Gasteiger partial charge in [-0.25, -0.2) is 4.98 Å². The van der Waals surface area contributed by atoms with Crippen LogP contribution in [0.25, 0.3) is 33.0 Å². The van der Waals surface area contributed by atoms with Crippen molar-refractivity contribution in [2.75, 3.05) is 25.5 Å². The van der Waals surface area contributed by atoms with E-state index in [4.69, 9.17) is 33.1 Å². The Bertz CT molecular complexity index is 2730. The molecule has 0 spiro atoms. The molecule has 3 aliphatic rings. The number of carbonyl (C=O) groups is 3. The zero-order valence-electron chi connectivity index (χ0n) is 40.0. The Hall–Kier alpha value is -5.81. The lowest BCUT2D eigenvalue weighted by atomic mass is 9.78. The van der Waals surface area contributed by atoms with Crippen LogP contribution in [0.15, 0.2) is 63.6 Å². The van der Waals surface area contributed by atoms with Crippen LogP contribution >= 0.6 is 0 Å². The molecule has 0 radical (unpaired) electrons. The fourth-order valence-electron chi connectivity index (χ4n) is 9.56. The third-order valence-electron chi connectivity index (χ3n) is 13.8. The van der Waals surface area contributed by atoms with Crippen LogP contribution in [0.1, 0.15) is 91.1 Å². The standard InChI is InChI=1S/C51H63N3O13/c1-24(2)54-20-17-32(18-21-54)65-33-15-16-34-36(23-33)66-48-40(52-34)37-38-44(58)30(8)47-39(37)49(60)51(10,67-47)63-22-19-35(62-11)27(5)46(64-31(9)55)29(7)43(57)28(6)42(56)25(3)13-12-14-26(4)50(61)53-41(48)45(38)59/h12-16,19,22-25,27-29,32,35,42-43,46,56-57,59H,17-18,20-21H2,1-11H3,(H,53,61)/b13-12+,22-19+,26-14-/t25-,27+,28+,29+,35-,42-,43+,46+,51-/m0/s1. The Morgan fingerprint density at radius 2 is 1.69 bits per heavy atom. The number of aromatic nitrogens is 1. The molecule has 16 nitrogen and oxygen atoms in total. The molecule has 0 saturated carbocycles. The summed E-state index contributed by atoms with van der Waals surface area (Å²) in [6.45, 7) is 18.8. The number of fused-ring (bicyclic) bond motifs is 2. The van der Waals surface area contributed by atoms with Gasteiger partial charge < -0.3 is 53.6 Å². The monoisotopic (exact) mass is 925 g/mol. The Labute approximate surface area is 389 Å². The Morgan fingerprint density at radius 3 is 2.34 bits per heavy atom. The molecule has 0 aliphatic carbocycles. The number of aliphatic hydroxyl groups excluding tert-OH is 2. The molecule has 7 rings (SSSR count). The summed E-state index contributed by atoms with van der Waals surface area (Å²) >= 11 is 0. The van der Waals surface area contributed by atoms with E-state index < -0.39 is 82.7 Å². The highest BCUT2D eigenvalue weighted by Crippen LogP contribution is 2.48. The maximum absolute atomic E-state index is 14.8. The molecular formula is C51H63N3O13. The fraction of sp³-hybridized carbons (Fsp3) is 0.510. The summed E-state index contributed by atoms with van der Waals surface area (Å²) in [7, 11) is 1.45. The van der Waals surface area contributed by atoms with Crippen molar-refractivity contribution in [3.8, 4) is 17.2 Å². The summed E-state index contributed by atoms with van der Waals surface area (Å²) in [4.78, 5) is 63.0. The topological polar surface area (TPSA) is 216 Å². The number of amides is 1. The molecule has 1 aromatic heterocycles. The van der Waals surface area contributed by atoms with E-state index in [1.165, 1.54) is 46.3 Å². The van der Waals surface area contributed by atoms with Crippen LogP contribution in [0.4, 0.5) is 5.69 Å². The number of phenolic OH excluding ortho intramolecular Hbond substituents is 1. The number of esters is 1. The van der Waals surface area contributed by atoms with E-state index in [0.29, 0.717) is 17.3 Å². The number of aromatic hydroxyl groups is 1. The highest BCUT2D eigenvalue weighted by molar-refractivity contribution is 6.26. The molecule has 4 aromatic rings. The zero-order valence-corrected chi connectivity index (χ0v) is 40.0. The predicted octanol–water partition coefficient (Wildman–Crippen LogP) is 7.25. The van der Waals surface area contributed by atoms with Crippen molar-refractivity contribution in [1.82, 2.24) is 9.88 Å². The van der Waals surface area contributed by atoms with Crippen molar-refractivity contribution in [3.05, 3.63) is 75.7 Å². The number of anilines is 1. The number of carbonyl (C=O) groups excluding carboxylic acids is 3. The average Bonchev–Trinajstić information content (AvgIpc) is 3.56. The number of phenols is 1. The third kappa shape index (κ3) is 9.41. The first-order valence-electron chi connectivity index (χ1n) is 23.0. The number of piperidine rings is 1. The van der Waals surface area contributed by atoms with Crippen molar-refractivity contribution >= 4 is 56.3 Å². The van der Waals surface area contributed by atoms with E-state index in [2.05, 4.69) is 24.1 Å². The van der Waals surface area contributed by atoms with Gasteiger partial charge in [0.15, 0.2) is 22.3 Å². The lowest BCUT2D eigenvalue weighted by Gasteiger charge is -2.38. The fourth-order valence-corrected chi connectivity index (χ4v) is 9.56. The second-order valence-corrected chi connectivity index (χ2v) is 18.8. The van der Waals surface area contributed by atoms with Crippen LogP contribution in [0, 0.1) is 30.6 Å². The van der Waals surface area contributed by atoms with Gasteiger partial charge in [-0.3, -0.25) is 19.2 Å². The summed E-state index contributed by atoms with van der Waals surface area (Å²) in [5.41, 5.74) is -0.414. The third-order valence-corrected chi connectivity index (χ3v) is 13.8. The number of benzene rings is 3. The highest BCUT2D eigenvalue weighted by Gasteiger charge is 2.49. The van der Waals surface area contributed by atoms with Gasteiger partial charge in [0.25, 0.3) is 11.7 Å². The van der Waals surface area contributed by atoms with Crippen LogP contribution in [-0.2, 0) is 23.8 Å². The molecule has 0 unspecified atom stereocenters. The summed E-state index contributed by atoms with van der Waals surface area (Å²) in [6, 6.07) is 5.59. The van der Waals surface area contributed by atoms with Crippen molar-refractivity contribution in [1.29, 1.82) is 0 Å². The SMILES string of the molecule is CO[C@H]1/C=C/O[C@@]2(C)Oc3c(C)c(=O)c4c(O)c(c5oc6cc(OC7CCN(C(C)C)CC7)ccc6nc5c4c3C2=O)NC(=O)/C(C)=C\C=C\[C@H](C)[C@H](O)[C@@H](C)[C@@H](O)[C@@H](C)[C@H](OC(C)=O)[C@@H]1C. The molecule has 4 heterocycles. The number of allylic oxidation sites excluding steroid dienone is 2. The number of likely N-dealkylation sites (tertiary alicyclic amines) is 1. The Kier molecular flexibility index (Phi) is 14.2. The molecule has 1 amide bonds. The number of nitrogens with zero attached hydrogens (tertiary/aromatic N) is 2. The lowest BCUT2D eigenvalue weighted by molar-refractivity contribution is -0.160. The first-order valence-corrected chi connectivity index (χ1v) is 23.0. The van der Waals surface area contributed by atoms with E-state index in [1.54, 1.807) is 65.0 Å². The first-order chi connectivity index (χ1) is 31.7. The molecule has 360 valence electrons. The molecular weight excluding hydrogens is 863 g/mol. The van der Waals surface area contributed by atoms with Gasteiger partial charge in [0, 0.05) is 86.3 Å². The molecule has 16 heteroatoms. The van der Waals surface area contributed by atoms with E-state index in [0.717, 1.165) is 25.9 Å². The smallest absolute Gasteiger partial charge is 0.312 e. The van der Waals surface area contributed by atoms with Crippen LogP contribution in [0.5, 0.6) is 17.2 Å². The maximum atomic E-state index is 14.8. The molecule has 4 bridgehead atoms. The van der Waals surface area contributed by atoms with Gasteiger partial charge in [-0.1, -0.05) is 45.9 Å². The van der Waals surface area contributed by atoms with Crippen LogP contribution < -0.4 is 20.2 Å². The molecule has 3 aliphatic heterocycles. The Balaban J connectivity index is 1.40. The summed E-state index contributed by atoms with van der Waals surface area (Å²) in [5, 5.41) is 37.6. The number of Topliss-reactive ketones (excluding diaryl/α,β-unsaturated/α-hetero) is 1. The number of hydrogen-bond donors (Lipinski definition) is 4. The zero-order chi connectivity index (χ0) is 48.8. The molecule has 4 N–H and O–H groups in total. The highest BCUT2D eigenvalue weighted by atomic mass is 16.7. The van der Waals surface area contributed by atoms with Crippen molar-refractivity contribution in [2.45, 2.75) is 124 Å². The average molecular weight is 926 g/mol. The van der Waals surface area contributed by atoms with Gasteiger partial charge in [-0.15, -0.1) is 0 Å². The molecule has 1 fully saturated rings. The molecule has 3 aromatic carbocycles. The minimum atomic E-state index is -2.05. The van der Waals surface area contributed by atoms with Crippen molar-refractivity contribution in [2.24, 2.45) is 23.7 Å². The number of ether oxygens (including phenoxy) is 5. The molecule has 9 atom stereocenters.